The summed E-state index contributed by atoms with van der Waals surface area (Å²) < 4.78 is 49.0. The summed E-state index contributed by atoms with van der Waals surface area (Å²) in [6.45, 7) is 1.38. The van der Waals surface area contributed by atoms with E-state index in [4.69, 9.17) is 4.74 Å². The zero-order valence-corrected chi connectivity index (χ0v) is 14.6. The van der Waals surface area contributed by atoms with Gasteiger partial charge in [0.05, 0.1) is 6.61 Å². The van der Waals surface area contributed by atoms with Crippen LogP contribution in [-0.2, 0) is 20.4 Å². The van der Waals surface area contributed by atoms with Gasteiger partial charge in [-0.05, 0) is 12.5 Å². The largest absolute Gasteiger partial charge is 0.462 e. The molecule has 1 aromatic carbocycles. The lowest BCUT2D eigenvalue weighted by Gasteiger charge is -2.14. The van der Waals surface area contributed by atoms with Gasteiger partial charge in [-0.2, -0.15) is 13.2 Å². The molecule has 26 heavy (non-hydrogen) atoms. The molecule has 0 saturated carbocycles. The van der Waals surface area contributed by atoms with Crippen molar-refractivity contribution in [2.45, 2.75) is 19.2 Å². The second-order valence-corrected chi connectivity index (χ2v) is 5.93. The Hall–Kier alpha value is -2.46. The molecule has 140 valence electrons. The van der Waals surface area contributed by atoms with Crippen molar-refractivity contribution in [3.63, 3.8) is 0 Å². The highest BCUT2D eigenvalue weighted by molar-refractivity contribution is 7.17. The molecule has 2 rings (SSSR count). The van der Waals surface area contributed by atoms with Gasteiger partial charge in [-0.1, -0.05) is 41.7 Å². The van der Waals surface area contributed by atoms with Crippen LogP contribution in [0.25, 0.3) is 0 Å². The molecule has 0 unspecified atom stereocenters. The second kappa shape index (κ2) is 8.28. The van der Waals surface area contributed by atoms with Gasteiger partial charge < -0.3 is 9.47 Å². The molecule has 0 saturated heterocycles. The first-order valence-corrected chi connectivity index (χ1v) is 8.23. The average molecular weight is 388 g/mol. The highest BCUT2D eigenvalue weighted by Gasteiger charge is 2.40. The van der Waals surface area contributed by atoms with E-state index in [0.717, 1.165) is 0 Å². The highest BCUT2D eigenvalue weighted by Crippen LogP contribution is 2.37. The van der Waals surface area contributed by atoms with Crippen molar-refractivity contribution in [2.75, 3.05) is 19.0 Å². The van der Waals surface area contributed by atoms with Gasteiger partial charge in [0, 0.05) is 7.11 Å². The third kappa shape index (κ3) is 4.58. The maximum Gasteiger partial charge on any atom is 0.435 e. The Balaban J connectivity index is 2.28. The third-order valence-electron chi connectivity index (χ3n) is 3.16. The number of rotatable bonds is 6. The van der Waals surface area contributed by atoms with Crippen LogP contribution in [0.3, 0.4) is 0 Å². The molecule has 0 aliphatic heterocycles. The molecule has 1 aromatic heterocycles. The van der Waals surface area contributed by atoms with Gasteiger partial charge >= 0.3 is 12.1 Å². The number of esters is 1. The van der Waals surface area contributed by atoms with Crippen LogP contribution in [0.15, 0.2) is 30.3 Å². The number of carbonyl (C=O) groups is 2. The fourth-order valence-electron chi connectivity index (χ4n) is 2.09. The van der Waals surface area contributed by atoms with Crippen LogP contribution in [0.1, 0.15) is 34.0 Å². The standard InChI is InChI=1S/C16H15F3N2O4S/c1-3-25-14(23)11-12(16(17,18)19)20-15(26-11)21-13(22)10(24-2)9-7-5-4-6-8-9/h4-8,10H,3H2,1-2H3,(H,20,21,22)/t10-/m1/s1. The normalized spacial score (nSPS) is 12.5. The maximum absolute atomic E-state index is 13.1. The van der Waals surface area contributed by atoms with Crippen LogP contribution in [0, 0.1) is 0 Å². The minimum Gasteiger partial charge on any atom is -0.462 e. The Bertz CT molecular complexity index is 778. The topological polar surface area (TPSA) is 77.5 Å². The minimum absolute atomic E-state index is 0.0878. The third-order valence-corrected chi connectivity index (χ3v) is 4.11. The van der Waals surface area contributed by atoms with Gasteiger partial charge in [0.25, 0.3) is 5.91 Å². The quantitative estimate of drug-likeness (QED) is 0.764. The van der Waals surface area contributed by atoms with E-state index in [1.807, 2.05) is 0 Å². The van der Waals surface area contributed by atoms with Crippen LogP contribution < -0.4 is 5.32 Å². The van der Waals surface area contributed by atoms with Gasteiger partial charge in [-0.25, -0.2) is 9.78 Å². The minimum atomic E-state index is -4.86. The number of aromatic nitrogens is 1. The summed E-state index contributed by atoms with van der Waals surface area (Å²) in [5.74, 6) is -1.86. The molecule has 1 N–H and O–H groups in total. The Morgan fingerprint density at radius 1 is 1.27 bits per heavy atom. The van der Waals surface area contributed by atoms with Gasteiger partial charge in [-0.3, -0.25) is 10.1 Å². The number of benzene rings is 1. The lowest BCUT2D eigenvalue weighted by Crippen LogP contribution is -2.22. The van der Waals surface area contributed by atoms with Crippen molar-refractivity contribution in [1.29, 1.82) is 0 Å². The Kier molecular flexibility index (Phi) is 6.32. The Morgan fingerprint density at radius 3 is 2.46 bits per heavy atom. The van der Waals surface area contributed by atoms with Crippen molar-refractivity contribution in [3.8, 4) is 0 Å². The molecule has 1 amide bonds. The summed E-state index contributed by atoms with van der Waals surface area (Å²) in [5.41, 5.74) is -0.879. The second-order valence-electron chi connectivity index (χ2n) is 4.93. The van der Waals surface area contributed by atoms with Crippen molar-refractivity contribution >= 4 is 28.3 Å². The molecule has 6 nitrogen and oxygen atoms in total. The van der Waals surface area contributed by atoms with Crippen molar-refractivity contribution in [3.05, 3.63) is 46.5 Å². The number of nitrogens with zero attached hydrogens (tertiary/aromatic N) is 1. The van der Waals surface area contributed by atoms with Crippen LogP contribution in [0.4, 0.5) is 18.3 Å². The summed E-state index contributed by atoms with van der Waals surface area (Å²) in [6, 6.07) is 8.41. The first-order valence-electron chi connectivity index (χ1n) is 7.41. The zero-order chi connectivity index (χ0) is 19.3. The monoisotopic (exact) mass is 388 g/mol. The van der Waals surface area contributed by atoms with E-state index in [0.29, 0.717) is 16.9 Å². The summed E-state index contributed by atoms with van der Waals surface area (Å²) in [4.78, 5) is 26.7. The van der Waals surface area contributed by atoms with Crippen molar-refractivity contribution < 1.29 is 32.2 Å². The smallest absolute Gasteiger partial charge is 0.435 e. The SMILES string of the molecule is CCOC(=O)c1sc(NC(=O)[C@H](OC)c2ccccc2)nc1C(F)(F)F. The lowest BCUT2D eigenvalue weighted by molar-refractivity contribution is -0.141. The molecule has 0 spiro atoms. The maximum atomic E-state index is 13.1. The van der Waals surface area contributed by atoms with E-state index in [1.54, 1.807) is 30.3 Å². The fourth-order valence-corrected chi connectivity index (χ4v) is 2.98. The molecule has 0 fully saturated rings. The van der Waals surface area contributed by atoms with Gasteiger partial charge in [0.2, 0.25) is 0 Å². The van der Waals surface area contributed by atoms with Gasteiger partial charge in [-0.15, -0.1) is 0 Å². The molecule has 0 aliphatic rings. The molecular formula is C16H15F3N2O4S. The summed E-state index contributed by atoms with van der Waals surface area (Å²) in [6.07, 6.45) is -5.90. The molecule has 0 radical (unpaired) electrons. The Morgan fingerprint density at radius 2 is 1.92 bits per heavy atom. The molecule has 10 heteroatoms. The highest BCUT2D eigenvalue weighted by atomic mass is 32.1. The first-order chi connectivity index (χ1) is 12.3. The molecule has 0 bridgehead atoms. The number of anilines is 1. The predicted molar refractivity (Wildman–Crippen MR) is 87.9 cm³/mol. The number of methoxy groups -OCH3 is 1. The van der Waals surface area contributed by atoms with Crippen LogP contribution >= 0.6 is 11.3 Å². The summed E-state index contributed by atoms with van der Waals surface area (Å²) >= 11 is 0.393. The number of ether oxygens (including phenoxy) is 2. The van der Waals surface area contributed by atoms with Gasteiger partial charge in [0.1, 0.15) is 4.88 Å². The number of alkyl halides is 3. The average Bonchev–Trinajstić information content (AvgIpc) is 3.01. The number of hydrogen-bond acceptors (Lipinski definition) is 6. The first kappa shape index (κ1) is 19.9. The summed E-state index contributed by atoms with van der Waals surface area (Å²) in [5, 5.41) is 1.89. The number of amides is 1. The number of nitrogens with one attached hydrogen (secondary N) is 1. The molecular weight excluding hydrogens is 373 g/mol. The zero-order valence-electron chi connectivity index (χ0n) is 13.8. The van der Waals surface area contributed by atoms with E-state index in [2.05, 4.69) is 15.0 Å². The Labute approximate surface area is 150 Å². The van der Waals surface area contributed by atoms with E-state index in [1.165, 1.54) is 14.0 Å². The van der Waals surface area contributed by atoms with Crippen LogP contribution in [0.5, 0.6) is 0 Å². The molecule has 1 atom stereocenters. The number of thiazole rings is 1. The molecule has 2 aromatic rings. The fraction of sp³-hybridized carbons (Fsp3) is 0.312. The van der Waals surface area contributed by atoms with E-state index in [-0.39, 0.29) is 11.7 Å². The van der Waals surface area contributed by atoms with Crippen molar-refractivity contribution in [1.82, 2.24) is 4.98 Å². The predicted octanol–water partition coefficient (Wildman–Crippen LogP) is 3.66. The number of carbonyl (C=O) groups excluding carboxylic acids is 2. The molecule has 0 aliphatic carbocycles. The lowest BCUT2D eigenvalue weighted by atomic mass is 10.1. The number of halogens is 3. The molecule has 1 heterocycles. The van der Waals surface area contributed by atoms with E-state index in [9.17, 15) is 22.8 Å². The summed E-state index contributed by atoms with van der Waals surface area (Å²) in [7, 11) is 1.30. The number of hydrogen-bond donors (Lipinski definition) is 1. The van der Waals surface area contributed by atoms with Crippen LogP contribution in [-0.4, -0.2) is 30.6 Å². The van der Waals surface area contributed by atoms with Crippen molar-refractivity contribution in [2.24, 2.45) is 0 Å². The van der Waals surface area contributed by atoms with Crippen LogP contribution in [0.2, 0.25) is 0 Å². The van der Waals surface area contributed by atoms with Gasteiger partial charge in [0.15, 0.2) is 16.9 Å². The van der Waals surface area contributed by atoms with E-state index < -0.39 is 34.7 Å². The van der Waals surface area contributed by atoms with E-state index >= 15 is 0 Å².